The Morgan fingerprint density at radius 2 is 1.91 bits per heavy atom. The van der Waals surface area contributed by atoms with Crippen molar-refractivity contribution in [1.29, 1.82) is 0 Å². The maximum absolute atomic E-state index is 13.2. The van der Waals surface area contributed by atoms with Gasteiger partial charge in [-0.15, -0.1) is 11.8 Å². The van der Waals surface area contributed by atoms with Gasteiger partial charge in [0.05, 0.1) is 24.0 Å². The second-order valence-corrected chi connectivity index (χ2v) is 9.08. The molecule has 9 heteroatoms. The fourth-order valence-electron chi connectivity index (χ4n) is 3.89. The summed E-state index contributed by atoms with van der Waals surface area (Å²) in [6.45, 7) is 8.24. The van der Waals surface area contributed by atoms with Crippen molar-refractivity contribution in [2.24, 2.45) is 0 Å². The summed E-state index contributed by atoms with van der Waals surface area (Å²) in [6, 6.07) is 5.05. The number of amides is 4. The third kappa shape index (κ3) is 8.35. The molecule has 0 saturated carbocycles. The zero-order valence-corrected chi connectivity index (χ0v) is 22.1. The van der Waals surface area contributed by atoms with Gasteiger partial charge in [0.2, 0.25) is 5.91 Å². The van der Waals surface area contributed by atoms with E-state index in [-0.39, 0.29) is 24.2 Å². The SMILES string of the molecule is CC.CCCCCCC(C(=O)Nc1cnc(CC2NC(=O)NC2=O)cn1)c1ccc(SC)c(C)c1. The molecule has 1 aromatic heterocycles. The predicted octanol–water partition coefficient (Wildman–Crippen LogP) is 4.98. The molecular weight excluding hydrogens is 462 g/mol. The molecule has 1 aromatic carbocycles. The fraction of sp³-hybridized carbons (Fsp3) is 0.500. The van der Waals surface area contributed by atoms with Crippen LogP contribution in [0.15, 0.2) is 35.5 Å². The van der Waals surface area contributed by atoms with Crippen molar-refractivity contribution in [3.05, 3.63) is 47.4 Å². The molecule has 0 radical (unpaired) electrons. The smallest absolute Gasteiger partial charge is 0.322 e. The van der Waals surface area contributed by atoms with Crippen LogP contribution in [0.3, 0.4) is 0 Å². The molecule has 190 valence electrons. The number of hydrogen-bond acceptors (Lipinski definition) is 6. The standard InChI is InChI=1S/C24H31N5O3S.C2H6/c1-4-5-6-7-8-18(16-9-10-20(33-3)15(2)11-16)22(30)28-21-14-25-17(13-26-21)12-19-23(31)29-24(32)27-19;1-2/h9-11,13-14,18-19H,4-8,12H2,1-3H3,(H,26,28,30)(H2,27,29,31,32);1-2H3. The van der Waals surface area contributed by atoms with Crippen molar-refractivity contribution >= 4 is 35.4 Å². The van der Waals surface area contributed by atoms with E-state index in [1.54, 1.807) is 11.8 Å². The number of imide groups is 1. The van der Waals surface area contributed by atoms with Crippen molar-refractivity contribution in [2.75, 3.05) is 11.6 Å². The summed E-state index contributed by atoms with van der Waals surface area (Å²) in [5, 5.41) is 7.63. The van der Waals surface area contributed by atoms with Gasteiger partial charge in [0.25, 0.3) is 5.91 Å². The average molecular weight is 500 g/mol. The highest BCUT2D eigenvalue weighted by Crippen LogP contribution is 2.29. The van der Waals surface area contributed by atoms with Crippen LogP contribution in [0, 0.1) is 6.92 Å². The lowest BCUT2D eigenvalue weighted by atomic mass is 9.91. The quantitative estimate of drug-likeness (QED) is 0.228. The van der Waals surface area contributed by atoms with Crippen molar-refractivity contribution < 1.29 is 14.4 Å². The zero-order valence-electron chi connectivity index (χ0n) is 21.3. The van der Waals surface area contributed by atoms with Gasteiger partial charge < -0.3 is 10.6 Å². The van der Waals surface area contributed by atoms with Gasteiger partial charge in [-0.05, 0) is 36.8 Å². The topological polar surface area (TPSA) is 113 Å². The zero-order chi connectivity index (χ0) is 25.8. The van der Waals surface area contributed by atoms with Crippen LogP contribution >= 0.6 is 11.8 Å². The van der Waals surface area contributed by atoms with Gasteiger partial charge in [-0.3, -0.25) is 19.9 Å². The van der Waals surface area contributed by atoms with Gasteiger partial charge in [-0.1, -0.05) is 58.6 Å². The third-order valence-corrected chi connectivity index (χ3v) is 6.61. The second-order valence-electron chi connectivity index (χ2n) is 8.23. The Labute approximate surface area is 212 Å². The van der Waals surface area contributed by atoms with Gasteiger partial charge in [-0.25, -0.2) is 9.78 Å². The molecule has 3 N–H and O–H groups in total. The number of rotatable bonds is 11. The summed E-state index contributed by atoms with van der Waals surface area (Å²) < 4.78 is 0. The van der Waals surface area contributed by atoms with Crippen LogP contribution < -0.4 is 16.0 Å². The molecular formula is C26H37N5O3S. The molecule has 2 aromatic rings. The number of carbonyl (C=O) groups is 3. The first-order chi connectivity index (χ1) is 16.9. The summed E-state index contributed by atoms with van der Waals surface area (Å²) in [5.74, 6) is -0.393. The number of hydrogen-bond donors (Lipinski definition) is 3. The number of aromatic nitrogens is 2. The third-order valence-electron chi connectivity index (χ3n) is 5.71. The van der Waals surface area contributed by atoms with Crippen LogP contribution in [0.2, 0.25) is 0 Å². The Kier molecular flexibility index (Phi) is 11.7. The van der Waals surface area contributed by atoms with Crippen LogP contribution in [0.4, 0.5) is 10.6 Å². The lowest BCUT2D eigenvalue weighted by Gasteiger charge is -2.18. The van der Waals surface area contributed by atoms with Gasteiger partial charge in [0.15, 0.2) is 5.82 Å². The summed E-state index contributed by atoms with van der Waals surface area (Å²) in [5.41, 5.74) is 2.72. The summed E-state index contributed by atoms with van der Waals surface area (Å²) in [6.07, 6.45) is 10.4. The fourth-order valence-corrected chi connectivity index (χ4v) is 4.48. The molecule has 1 saturated heterocycles. The van der Waals surface area contributed by atoms with E-state index in [1.807, 2.05) is 26.2 Å². The first kappa shape index (κ1) is 28.3. The van der Waals surface area contributed by atoms with E-state index in [0.29, 0.717) is 11.5 Å². The molecule has 2 heterocycles. The van der Waals surface area contributed by atoms with Crippen molar-refractivity contribution in [3.8, 4) is 0 Å². The normalized spacial score (nSPS) is 15.5. The van der Waals surface area contributed by atoms with E-state index in [2.05, 4.69) is 51.9 Å². The Morgan fingerprint density at radius 1 is 1.14 bits per heavy atom. The molecule has 0 bridgehead atoms. The number of urea groups is 1. The molecule has 2 unspecified atom stereocenters. The molecule has 1 aliphatic rings. The minimum atomic E-state index is -0.660. The van der Waals surface area contributed by atoms with Gasteiger partial charge >= 0.3 is 6.03 Å². The Hall–Kier alpha value is -2.94. The molecule has 3 rings (SSSR count). The number of nitrogens with zero attached hydrogens (tertiary/aromatic N) is 2. The molecule has 1 fully saturated rings. The molecule has 1 aliphatic heterocycles. The van der Waals surface area contributed by atoms with Crippen molar-refractivity contribution in [1.82, 2.24) is 20.6 Å². The van der Waals surface area contributed by atoms with Crippen molar-refractivity contribution in [3.63, 3.8) is 0 Å². The number of benzene rings is 1. The highest BCUT2D eigenvalue weighted by molar-refractivity contribution is 7.98. The highest BCUT2D eigenvalue weighted by atomic mass is 32.2. The van der Waals surface area contributed by atoms with E-state index in [1.165, 1.54) is 22.9 Å². The first-order valence-corrected chi connectivity index (χ1v) is 13.5. The molecule has 0 spiro atoms. The van der Waals surface area contributed by atoms with E-state index < -0.39 is 12.1 Å². The van der Waals surface area contributed by atoms with Gasteiger partial charge in [-0.2, -0.15) is 0 Å². The lowest BCUT2D eigenvalue weighted by molar-refractivity contribution is -0.120. The second kappa shape index (κ2) is 14.5. The minimum absolute atomic E-state index is 0.104. The van der Waals surface area contributed by atoms with Gasteiger partial charge in [0, 0.05) is 11.3 Å². The van der Waals surface area contributed by atoms with Crippen molar-refractivity contribution in [2.45, 2.75) is 83.1 Å². The van der Waals surface area contributed by atoms with E-state index in [0.717, 1.165) is 37.7 Å². The largest absolute Gasteiger partial charge is 0.326 e. The minimum Gasteiger partial charge on any atom is -0.326 e. The monoisotopic (exact) mass is 499 g/mol. The maximum Gasteiger partial charge on any atom is 0.322 e. The van der Waals surface area contributed by atoms with Crippen LogP contribution in [-0.2, 0) is 16.0 Å². The van der Waals surface area contributed by atoms with Crippen LogP contribution in [0.25, 0.3) is 0 Å². The number of carbonyl (C=O) groups excluding carboxylic acids is 3. The number of nitrogens with one attached hydrogen (secondary N) is 3. The summed E-state index contributed by atoms with van der Waals surface area (Å²) >= 11 is 1.70. The van der Waals surface area contributed by atoms with Gasteiger partial charge in [0.1, 0.15) is 6.04 Å². The lowest BCUT2D eigenvalue weighted by Crippen LogP contribution is -2.31. The maximum atomic E-state index is 13.2. The Morgan fingerprint density at radius 3 is 2.49 bits per heavy atom. The molecule has 8 nitrogen and oxygen atoms in total. The van der Waals surface area contributed by atoms with E-state index in [4.69, 9.17) is 0 Å². The predicted molar refractivity (Wildman–Crippen MR) is 141 cm³/mol. The summed E-state index contributed by atoms with van der Waals surface area (Å²) in [4.78, 5) is 46.0. The Bertz CT molecular complexity index is 997. The molecule has 0 aliphatic carbocycles. The molecule has 2 atom stereocenters. The van der Waals surface area contributed by atoms with E-state index in [9.17, 15) is 14.4 Å². The Balaban J connectivity index is 0.00000210. The number of unbranched alkanes of at least 4 members (excludes halogenated alkanes) is 3. The molecule has 4 amide bonds. The van der Waals surface area contributed by atoms with Crippen LogP contribution in [0.5, 0.6) is 0 Å². The summed E-state index contributed by atoms with van der Waals surface area (Å²) in [7, 11) is 0. The van der Waals surface area contributed by atoms with Crippen LogP contribution in [0.1, 0.15) is 75.6 Å². The average Bonchev–Trinajstić information content (AvgIpc) is 3.17. The van der Waals surface area contributed by atoms with Crippen LogP contribution in [-0.4, -0.2) is 40.1 Å². The highest BCUT2D eigenvalue weighted by Gasteiger charge is 2.30. The molecule has 35 heavy (non-hydrogen) atoms. The number of thioether (sulfide) groups is 1. The van der Waals surface area contributed by atoms with E-state index >= 15 is 0 Å². The number of anilines is 1. The number of aryl methyl sites for hydroxylation is 1. The first-order valence-electron chi connectivity index (χ1n) is 12.3.